The number of hydrogen-bond donors (Lipinski definition) is 1. The van der Waals surface area contributed by atoms with Crippen molar-refractivity contribution in [3.63, 3.8) is 0 Å². The first-order valence-corrected chi connectivity index (χ1v) is 8.08. The molecule has 0 aliphatic heterocycles. The van der Waals surface area contributed by atoms with Gasteiger partial charge in [-0.3, -0.25) is 4.79 Å². The van der Waals surface area contributed by atoms with Gasteiger partial charge in [-0.1, -0.05) is 29.3 Å². The Balaban J connectivity index is 2.02. The van der Waals surface area contributed by atoms with Crippen molar-refractivity contribution >= 4 is 46.6 Å². The van der Waals surface area contributed by atoms with Gasteiger partial charge in [0.1, 0.15) is 0 Å². The van der Waals surface area contributed by atoms with Crippen LogP contribution in [0.4, 0.5) is 5.69 Å². The van der Waals surface area contributed by atoms with E-state index < -0.39 is 0 Å². The molecule has 2 nitrogen and oxygen atoms in total. The molecule has 2 rings (SSSR count). The van der Waals surface area contributed by atoms with Crippen LogP contribution in [0.25, 0.3) is 0 Å². The third kappa shape index (κ3) is 4.67. The standard InChI is InChI=1S/C16H15Cl2NOS/c1-10-3-4-13(18)9-15(10)19-16(20)11(2)21-14-7-5-12(17)6-8-14/h3-9,11H,1-2H3,(H,19,20)/t11-/m1/s1. The summed E-state index contributed by atoms with van der Waals surface area (Å²) >= 11 is 13.3. The Labute approximate surface area is 138 Å². The van der Waals surface area contributed by atoms with Gasteiger partial charge in [0, 0.05) is 20.6 Å². The molecule has 0 spiro atoms. The minimum atomic E-state index is -0.218. The fraction of sp³-hybridized carbons (Fsp3) is 0.188. The van der Waals surface area contributed by atoms with Gasteiger partial charge in [0.2, 0.25) is 5.91 Å². The Bertz CT molecular complexity index is 643. The molecular formula is C16H15Cl2NOS. The van der Waals surface area contributed by atoms with Gasteiger partial charge in [0.15, 0.2) is 0 Å². The lowest BCUT2D eigenvalue weighted by Gasteiger charge is -2.14. The van der Waals surface area contributed by atoms with Crippen LogP contribution in [0.3, 0.4) is 0 Å². The maximum absolute atomic E-state index is 12.2. The molecule has 1 amide bonds. The summed E-state index contributed by atoms with van der Waals surface area (Å²) < 4.78 is 0. The maximum Gasteiger partial charge on any atom is 0.237 e. The first-order valence-electron chi connectivity index (χ1n) is 6.45. The van der Waals surface area contributed by atoms with Crippen LogP contribution < -0.4 is 5.32 Å². The fourth-order valence-electron chi connectivity index (χ4n) is 1.73. The number of rotatable bonds is 4. The van der Waals surface area contributed by atoms with E-state index in [1.807, 2.05) is 44.2 Å². The smallest absolute Gasteiger partial charge is 0.237 e. The molecule has 0 radical (unpaired) electrons. The topological polar surface area (TPSA) is 29.1 Å². The molecule has 0 saturated heterocycles. The van der Waals surface area contributed by atoms with Gasteiger partial charge in [0.05, 0.1) is 5.25 Å². The summed E-state index contributed by atoms with van der Waals surface area (Å²) in [7, 11) is 0. The molecule has 0 aliphatic rings. The van der Waals surface area contributed by atoms with Crippen LogP contribution in [0.1, 0.15) is 12.5 Å². The SMILES string of the molecule is Cc1ccc(Cl)cc1NC(=O)[C@@H](C)Sc1ccc(Cl)cc1. The fourth-order valence-corrected chi connectivity index (χ4v) is 2.90. The lowest BCUT2D eigenvalue weighted by atomic mass is 10.2. The molecular weight excluding hydrogens is 325 g/mol. The highest BCUT2D eigenvalue weighted by Gasteiger charge is 2.15. The van der Waals surface area contributed by atoms with E-state index in [0.717, 1.165) is 16.1 Å². The second kappa shape index (κ2) is 7.21. The van der Waals surface area contributed by atoms with Crippen molar-refractivity contribution in [2.45, 2.75) is 24.0 Å². The van der Waals surface area contributed by atoms with Crippen LogP contribution in [0.15, 0.2) is 47.4 Å². The number of nitrogens with one attached hydrogen (secondary N) is 1. The Morgan fingerprint density at radius 3 is 2.38 bits per heavy atom. The molecule has 21 heavy (non-hydrogen) atoms. The average Bonchev–Trinajstić information content (AvgIpc) is 2.45. The van der Waals surface area contributed by atoms with Gasteiger partial charge in [-0.15, -0.1) is 11.8 Å². The summed E-state index contributed by atoms with van der Waals surface area (Å²) in [6.45, 7) is 3.80. The molecule has 1 atom stereocenters. The van der Waals surface area contributed by atoms with Gasteiger partial charge in [0.25, 0.3) is 0 Å². The van der Waals surface area contributed by atoms with Crippen LogP contribution in [0.5, 0.6) is 0 Å². The van der Waals surface area contributed by atoms with E-state index in [1.165, 1.54) is 11.8 Å². The number of hydrogen-bond acceptors (Lipinski definition) is 2. The molecule has 0 aromatic heterocycles. The molecule has 5 heteroatoms. The van der Waals surface area contributed by atoms with Crippen molar-refractivity contribution in [1.82, 2.24) is 0 Å². The van der Waals surface area contributed by atoms with Gasteiger partial charge in [-0.25, -0.2) is 0 Å². The minimum Gasteiger partial charge on any atom is -0.325 e. The third-order valence-corrected chi connectivity index (χ3v) is 4.55. The van der Waals surface area contributed by atoms with Crippen molar-refractivity contribution in [1.29, 1.82) is 0 Å². The maximum atomic E-state index is 12.2. The molecule has 0 bridgehead atoms. The highest BCUT2D eigenvalue weighted by Crippen LogP contribution is 2.26. The number of thioether (sulfide) groups is 1. The zero-order valence-electron chi connectivity index (χ0n) is 11.7. The number of halogens is 2. The van der Waals surface area contributed by atoms with Crippen molar-refractivity contribution in [3.05, 3.63) is 58.1 Å². The third-order valence-electron chi connectivity index (χ3n) is 2.95. The molecule has 2 aromatic rings. The van der Waals surface area contributed by atoms with Crippen LogP contribution in [-0.4, -0.2) is 11.2 Å². The van der Waals surface area contributed by atoms with E-state index in [-0.39, 0.29) is 11.2 Å². The summed E-state index contributed by atoms with van der Waals surface area (Å²) in [5.41, 5.74) is 1.73. The van der Waals surface area contributed by atoms with E-state index in [2.05, 4.69) is 5.32 Å². The van der Waals surface area contributed by atoms with E-state index in [0.29, 0.717) is 10.0 Å². The number of amides is 1. The predicted molar refractivity (Wildman–Crippen MR) is 91.6 cm³/mol. The van der Waals surface area contributed by atoms with Crippen LogP contribution in [0, 0.1) is 6.92 Å². The predicted octanol–water partition coefficient (Wildman–Crippen LogP) is 5.42. The summed E-state index contributed by atoms with van der Waals surface area (Å²) in [4.78, 5) is 13.3. The Morgan fingerprint density at radius 1 is 1.10 bits per heavy atom. The van der Waals surface area contributed by atoms with Crippen LogP contribution in [0.2, 0.25) is 10.0 Å². The number of carbonyl (C=O) groups is 1. The van der Waals surface area contributed by atoms with E-state index in [4.69, 9.17) is 23.2 Å². The van der Waals surface area contributed by atoms with Crippen LogP contribution in [-0.2, 0) is 4.79 Å². The van der Waals surface area contributed by atoms with Crippen LogP contribution >= 0.6 is 35.0 Å². The summed E-state index contributed by atoms with van der Waals surface area (Å²) in [5.74, 6) is -0.0553. The number of anilines is 1. The van der Waals surface area contributed by atoms with Gasteiger partial charge >= 0.3 is 0 Å². The highest BCUT2D eigenvalue weighted by atomic mass is 35.5. The summed E-state index contributed by atoms with van der Waals surface area (Å²) in [6, 6.07) is 12.9. The zero-order valence-corrected chi connectivity index (χ0v) is 14.0. The number of benzene rings is 2. The molecule has 110 valence electrons. The molecule has 2 aromatic carbocycles. The first kappa shape index (κ1) is 16.2. The largest absolute Gasteiger partial charge is 0.325 e. The Morgan fingerprint density at radius 2 is 1.71 bits per heavy atom. The minimum absolute atomic E-state index is 0.0553. The Kier molecular flexibility index (Phi) is 5.57. The highest BCUT2D eigenvalue weighted by molar-refractivity contribution is 8.00. The van der Waals surface area contributed by atoms with Gasteiger partial charge < -0.3 is 5.32 Å². The van der Waals surface area contributed by atoms with Gasteiger partial charge in [-0.05, 0) is 55.8 Å². The van der Waals surface area contributed by atoms with E-state index in [9.17, 15) is 4.79 Å². The summed E-state index contributed by atoms with van der Waals surface area (Å²) in [6.07, 6.45) is 0. The van der Waals surface area contributed by atoms with E-state index >= 15 is 0 Å². The number of aryl methyl sites for hydroxylation is 1. The number of carbonyl (C=O) groups excluding carboxylic acids is 1. The molecule has 0 fully saturated rings. The van der Waals surface area contributed by atoms with Crippen molar-refractivity contribution in [2.75, 3.05) is 5.32 Å². The molecule has 1 N–H and O–H groups in total. The van der Waals surface area contributed by atoms with Crippen molar-refractivity contribution < 1.29 is 4.79 Å². The van der Waals surface area contributed by atoms with Crippen molar-refractivity contribution in [2.24, 2.45) is 0 Å². The summed E-state index contributed by atoms with van der Waals surface area (Å²) in [5, 5.41) is 3.99. The molecule has 0 heterocycles. The van der Waals surface area contributed by atoms with Crippen molar-refractivity contribution in [3.8, 4) is 0 Å². The quantitative estimate of drug-likeness (QED) is 0.753. The second-order valence-electron chi connectivity index (χ2n) is 4.66. The van der Waals surface area contributed by atoms with Gasteiger partial charge in [-0.2, -0.15) is 0 Å². The average molecular weight is 340 g/mol. The molecule has 0 saturated carbocycles. The lowest BCUT2D eigenvalue weighted by molar-refractivity contribution is -0.115. The molecule has 0 aliphatic carbocycles. The monoisotopic (exact) mass is 339 g/mol. The normalized spacial score (nSPS) is 12.0. The molecule has 0 unspecified atom stereocenters. The second-order valence-corrected chi connectivity index (χ2v) is 6.95. The Hall–Kier alpha value is -1.16. The van der Waals surface area contributed by atoms with E-state index in [1.54, 1.807) is 12.1 Å². The first-order chi connectivity index (χ1) is 9.95. The zero-order chi connectivity index (χ0) is 15.4. The lowest BCUT2D eigenvalue weighted by Crippen LogP contribution is -2.22.